The number of nitrogens with two attached hydrogens (primary N) is 1. The van der Waals surface area contributed by atoms with Gasteiger partial charge >= 0.3 is 0 Å². The van der Waals surface area contributed by atoms with Gasteiger partial charge in [-0.2, -0.15) is 0 Å². The summed E-state index contributed by atoms with van der Waals surface area (Å²) in [6, 6.07) is 5.41. The van der Waals surface area contributed by atoms with Gasteiger partial charge in [0.15, 0.2) is 0 Å². The van der Waals surface area contributed by atoms with Gasteiger partial charge in [0.25, 0.3) is 0 Å². The van der Waals surface area contributed by atoms with Crippen LogP contribution in [0.1, 0.15) is 50.5 Å². The first-order chi connectivity index (χ1) is 9.48. The molecule has 20 heavy (non-hydrogen) atoms. The predicted octanol–water partition coefficient (Wildman–Crippen LogP) is 4.37. The zero-order chi connectivity index (χ0) is 14.8. The highest BCUT2D eigenvalue weighted by Crippen LogP contribution is 2.44. The molecule has 2 nitrogen and oxygen atoms in total. The maximum atomic E-state index is 10.9. The molecule has 112 valence electrons. The zero-order valence-electron chi connectivity index (χ0n) is 11.9. The van der Waals surface area contributed by atoms with E-state index in [1.165, 1.54) is 19.3 Å². The molecule has 1 saturated carbocycles. The second kappa shape index (κ2) is 6.65. The standard InChI is InChI=1S/C16H23Cl2NO/c1-16(7-3-2-4-8-16)15(20)13(10-19)12-6-5-11(17)9-14(12)18/h5-6,9,13,15,20H,2-4,7-8,10,19H2,1H3. The minimum atomic E-state index is -0.466. The lowest BCUT2D eigenvalue weighted by Gasteiger charge is -2.41. The lowest BCUT2D eigenvalue weighted by Crippen LogP contribution is -2.41. The normalized spacial score (nSPS) is 21.4. The van der Waals surface area contributed by atoms with E-state index in [1.807, 2.05) is 6.07 Å². The first-order valence-electron chi connectivity index (χ1n) is 7.31. The fourth-order valence-electron chi connectivity index (χ4n) is 3.37. The van der Waals surface area contributed by atoms with Crippen molar-refractivity contribution in [1.29, 1.82) is 0 Å². The third kappa shape index (κ3) is 3.30. The first kappa shape index (κ1) is 16.1. The van der Waals surface area contributed by atoms with Crippen molar-refractivity contribution in [3.05, 3.63) is 33.8 Å². The molecule has 1 aromatic rings. The Morgan fingerprint density at radius 1 is 1.25 bits per heavy atom. The molecule has 1 aliphatic carbocycles. The smallest absolute Gasteiger partial charge is 0.0674 e. The Morgan fingerprint density at radius 2 is 1.90 bits per heavy atom. The lowest BCUT2D eigenvalue weighted by atomic mass is 9.67. The van der Waals surface area contributed by atoms with Crippen LogP contribution >= 0.6 is 23.2 Å². The van der Waals surface area contributed by atoms with Crippen LogP contribution in [0.3, 0.4) is 0 Å². The summed E-state index contributed by atoms with van der Waals surface area (Å²) in [5.41, 5.74) is 6.76. The molecule has 0 aromatic heterocycles. The Kier molecular flexibility index (Phi) is 5.36. The third-order valence-electron chi connectivity index (χ3n) is 4.71. The average molecular weight is 316 g/mol. The molecule has 1 aromatic carbocycles. The molecular formula is C16H23Cl2NO. The number of aliphatic hydroxyl groups is 1. The maximum absolute atomic E-state index is 10.9. The number of benzene rings is 1. The van der Waals surface area contributed by atoms with Gasteiger partial charge in [-0.25, -0.2) is 0 Å². The minimum absolute atomic E-state index is 0.0642. The fourth-order valence-corrected chi connectivity index (χ4v) is 3.92. The summed E-state index contributed by atoms with van der Waals surface area (Å²) < 4.78 is 0. The van der Waals surface area contributed by atoms with Gasteiger partial charge in [0.2, 0.25) is 0 Å². The van der Waals surface area contributed by atoms with Crippen LogP contribution in [0.5, 0.6) is 0 Å². The predicted molar refractivity (Wildman–Crippen MR) is 85.5 cm³/mol. The van der Waals surface area contributed by atoms with E-state index in [4.69, 9.17) is 28.9 Å². The molecule has 1 fully saturated rings. The molecule has 0 bridgehead atoms. The Hall–Kier alpha value is -0.280. The van der Waals surface area contributed by atoms with Crippen molar-refractivity contribution in [2.24, 2.45) is 11.1 Å². The summed E-state index contributed by atoms with van der Waals surface area (Å²) in [6.07, 6.45) is 5.26. The molecule has 2 atom stereocenters. The monoisotopic (exact) mass is 315 g/mol. The van der Waals surface area contributed by atoms with Crippen molar-refractivity contribution in [1.82, 2.24) is 0 Å². The first-order valence-corrected chi connectivity index (χ1v) is 8.06. The molecule has 0 amide bonds. The van der Waals surface area contributed by atoms with E-state index in [0.29, 0.717) is 16.6 Å². The van der Waals surface area contributed by atoms with Crippen LogP contribution in [0.25, 0.3) is 0 Å². The van der Waals surface area contributed by atoms with Crippen molar-refractivity contribution in [2.45, 2.75) is 51.0 Å². The fraction of sp³-hybridized carbons (Fsp3) is 0.625. The molecule has 0 aliphatic heterocycles. The van der Waals surface area contributed by atoms with Gasteiger partial charge in [-0.15, -0.1) is 0 Å². The van der Waals surface area contributed by atoms with E-state index in [1.54, 1.807) is 12.1 Å². The van der Waals surface area contributed by atoms with E-state index in [-0.39, 0.29) is 11.3 Å². The SMILES string of the molecule is CC1(C(O)C(CN)c2ccc(Cl)cc2Cl)CCCCC1. The van der Waals surface area contributed by atoms with Crippen molar-refractivity contribution < 1.29 is 5.11 Å². The van der Waals surface area contributed by atoms with Crippen molar-refractivity contribution in [3.63, 3.8) is 0 Å². The summed E-state index contributed by atoms with van der Waals surface area (Å²) in [6.45, 7) is 2.56. The van der Waals surface area contributed by atoms with Crippen LogP contribution in [-0.4, -0.2) is 17.8 Å². The quantitative estimate of drug-likeness (QED) is 0.866. The summed E-state index contributed by atoms with van der Waals surface area (Å²) in [7, 11) is 0. The van der Waals surface area contributed by atoms with E-state index < -0.39 is 6.10 Å². The van der Waals surface area contributed by atoms with Crippen molar-refractivity contribution in [2.75, 3.05) is 6.54 Å². The molecular weight excluding hydrogens is 293 g/mol. The van der Waals surface area contributed by atoms with Gasteiger partial charge in [-0.3, -0.25) is 0 Å². The Balaban J connectivity index is 2.26. The van der Waals surface area contributed by atoms with Crippen LogP contribution in [0, 0.1) is 5.41 Å². The van der Waals surface area contributed by atoms with E-state index >= 15 is 0 Å². The van der Waals surface area contributed by atoms with E-state index in [9.17, 15) is 5.11 Å². The van der Waals surface area contributed by atoms with Gasteiger partial charge in [-0.05, 0) is 36.0 Å². The number of halogens is 2. The molecule has 0 spiro atoms. The van der Waals surface area contributed by atoms with Gasteiger partial charge in [-0.1, -0.05) is 55.5 Å². The van der Waals surface area contributed by atoms with Crippen LogP contribution in [0.2, 0.25) is 10.0 Å². The summed E-state index contributed by atoms with van der Waals surface area (Å²) >= 11 is 12.2. The number of aliphatic hydroxyl groups excluding tert-OH is 1. The Morgan fingerprint density at radius 3 is 2.45 bits per heavy atom. The Labute approximate surface area is 131 Å². The highest BCUT2D eigenvalue weighted by atomic mass is 35.5. The average Bonchev–Trinajstić information content (AvgIpc) is 2.42. The maximum Gasteiger partial charge on any atom is 0.0674 e. The molecule has 2 unspecified atom stereocenters. The molecule has 0 radical (unpaired) electrons. The van der Waals surface area contributed by atoms with Crippen LogP contribution in [-0.2, 0) is 0 Å². The highest BCUT2D eigenvalue weighted by Gasteiger charge is 2.39. The van der Waals surface area contributed by atoms with Gasteiger partial charge in [0, 0.05) is 22.5 Å². The summed E-state index contributed by atoms with van der Waals surface area (Å²) in [5, 5.41) is 12.1. The molecule has 1 aliphatic rings. The Bertz CT molecular complexity index is 458. The van der Waals surface area contributed by atoms with Gasteiger partial charge < -0.3 is 10.8 Å². The summed E-state index contributed by atoms with van der Waals surface area (Å²) in [4.78, 5) is 0. The van der Waals surface area contributed by atoms with Crippen LogP contribution in [0.15, 0.2) is 18.2 Å². The zero-order valence-corrected chi connectivity index (χ0v) is 13.4. The molecule has 4 heteroatoms. The number of rotatable bonds is 4. The number of hydrogen-bond donors (Lipinski definition) is 2. The van der Waals surface area contributed by atoms with Crippen LogP contribution in [0.4, 0.5) is 0 Å². The lowest BCUT2D eigenvalue weighted by molar-refractivity contribution is -0.00747. The van der Waals surface area contributed by atoms with Gasteiger partial charge in [0.05, 0.1) is 6.10 Å². The molecule has 0 saturated heterocycles. The second-order valence-electron chi connectivity index (χ2n) is 6.17. The largest absolute Gasteiger partial charge is 0.392 e. The van der Waals surface area contributed by atoms with E-state index in [2.05, 4.69) is 6.92 Å². The number of hydrogen-bond acceptors (Lipinski definition) is 2. The molecule has 2 rings (SSSR count). The molecule has 3 N–H and O–H groups in total. The minimum Gasteiger partial charge on any atom is -0.392 e. The third-order valence-corrected chi connectivity index (χ3v) is 5.27. The second-order valence-corrected chi connectivity index (χ2v) is 7.01. The van der Waals surface area contributed by atoms with Crippen molar-refractivity contribution >= 4 is 23.2 Å². The van der Waals surface area contributed by atoms with Crippen LogP contribution < -0.4 is 5.73 Å². The summed E-state index contributed by atoms with van der Waals surface area (Å²) in [5.74, 6) is -0.136. The highest BCUT2D eigenvalue weighted by molar-refractivity contribution is 6.35. The van der Waals surface area contributed by atoms with Gasteiger partial charge in [0.1, 0.15) is 0 Å². The molecule has 0 heterocycles. The topological polar surface area (TPSA) is 46.2 Å². The van der Waals surface area contributed by atoms with Crippen molar-refractivity contribution in [3.8, 4) is 0 Å². The van der Waals surface area contributed by atoms with E-state index in [0.717, 1.165) is 18.4 Å².